The van der Waals surface area contributed by atoms with Crippen molar-refractivity contribution in [1.29, 1.82) is 0 Å². The summed E-state index contributed by atoms with van der Waals surface area (Å²) in [7, 11) is 1.90. The molecule has 25 heavy (non-hydrogen) atoms. The van der Waals surface area contributed by atoms with Gasteiger partial charge in [0.2, 0.25) is 0 Å². The summed E-state index contributed by atoms with van der Waals surface area (Å²) >= 11 is 0. The Hall–Kier alpha value is -1.49. The molecule has 1 atom stereocenters. The summed E-state index contributed by atoms with van der Waals surface area (Å²) in [5.41, 5.74) is 4.16. The minimum atomic E-state index is -1.33. The van der Waals surface area contributed by atoms with E-state index in [1.54, 1.807) is 20.4 Å². The van der Waals surface area contributed by atoms with Crippen LogP contribution in [-0.4, -0.2) is 60.7 Å². The second-order valence-corrected chi connectivity index (χ2v) is 6.83. The number of aromatic amines is 1. The maximum absolute atomic E-state index is 12.7. The van der Waals surface area contributed by atoms with Gasteiger partial charge in [0, 0.05) is 23.4 Å². The van der Waals surface area contributed by atoms with Crippen LogP contribution in [-0.2, 0) is 16.6 Å². The van der Waals surface area contributed by atoms with E-state index in [4.69, 9.17) is 9.47 Å². The number of H-pyrrole nitrogens is 1. The second-order valence-electron chi connectivity index (χ2n) is 5.46. The number of nitrogens with zero attached hydrogens (tertiary/aromatic N) is 2. The molecule has 0 aliphatic carbocycles. The zero-order valence-corrected chi connectivity index (χ0v) is 21.1. The summed E-state index contributed by atoms with van der Waals surface area (Å²) in [6, 6.07) is 5.51. The van der Waals surface area contributed by atoms with Gasteiger partial charge < -0.3 is 14.5 Å². The molecule has 0 fully saturated rings. The number of ether oxygens (including phenoxy) is 2. The van der Waals surface area contributed by atoms with E-state index in [0.29, 0.717) is 10.9 Å². The summed E-state index contributed by atoms with van der Waals surface area (Å²) in [6.07, 6.45) is 1.74. The molecule has 2 heterocycles. The molecule has 0 saturated carbocycles. The average molecular weight is 555 g/mol. The summed E-state index contributed by atoms with van der Waals surface area (Å²) in [4.78, 5) is 11.9. The molecule has 132 valence electrons. The van der Waals surface area contributed by atoms with Gasteiger partial charge >= 0.3 is 27.3 Å². The molecule has 0 aliphatic rings. The van der Waals surface area contributed by atoms with Crippen LogP contribution in [0.25, 0.3) is 11.0 Å². The summed E-state index contributed by atoms with van der Waals surface area (Å²) in [5, 5.41) is 0.430. The van der Waals surface area contributed by atoms with Crippen molar-refractivity contribution in [3.63, 3.8) is 0 Å². The Bertz CT molecular complexity index is 927. The number of pyridine rings is 1. The molecule has 0 amide bonds. The molecule has 6 nitrogen and oxygen atoms in total. The molecule has 1 unspecified atom stereocenters. The Balaban J connectivity index is 0.00000225. The number of benzene rings is 1. The van der Waals surface area contributed by atoms with E-state index in [-0.39, 0.29) is 33.1 Å². The van der Waals surface area contributed by atoms with Gasteiger partial charge in [0.05, 0.1) is 47.5 Å². The van der Waals surface area contributed by atoms with Crippen molar-refractivity contribution in [2.45, 2.75) is 24.8 Å². The van der Waals surface area contributed by atoms with Crippen molar-refractivity contribution in [3.8, 4) is 11.5 Å². The summed E-state index contributed by atoms with van der Waals surface area (Å²) in [5.74, 6) is 1.78. The topological polar surface area (TPSA) is 77.1 Å². The van der Waals surface area contributed by atoms with Gasteiger partial charge in [-0.15, -0.1) is 0 Å². The third-order valence-corrected chi connectivity index (χ3v) is 5.06. The number of hydrogen-bond acceptors (Lipinski definition) is 5. The van der Waals surface area contributed by atoms with Crippen molar-refractivity contribution in [3.05, 3.63) is 41.2 Å². The van der Waals surface area contributed by atoms with Gasteiger partial charge in [-0.2, -0.15) is 0 Å². The van der Waals surface area contributed by atoms with Crippen LogP contribution in [0.4, 0.5) is 0 Å². The Kier molecular flexibility index (Phi) is 6.55. The zero-order chi connectivity index (χ0) is 17.3. The number of rotatable bonds is 5. The van der Waals surface area contributed by atoms with Crippen LogP contribution in [0.1, 0.15) is 16.8 Å². The van der Waals surface area contributed by atoms with E-state index in [2.05, 4.69) is 15.0 Å². The molecule has 2 aromatic heterocycles. The molecule has 0 spiro atoms. The van der Waals surface area contributed by atoms with Crippen LogP contribution >= 0.6 is 0 Å². The van der Waals surface area contributed by atoms with Crippen molar-refractivity contribution < 1.29 is 13.7 Å². The van der Waals surface area contributed by atoms with Gasteiger partial charge in [-0.1, -0.05) is 0 Å². The van der Waals surface area contributed by atoms with Gasteiger partial charge in [-0.3, -0.25) is 9.19 Å². The Labute approximate surface area is 169 Å². The van der Waals surface area contributed by atoms with E-state index < -0.39 is 10.8 Å². The number of imidazole rings is 1. The van der Waals surface area contributed by atoms with Gasteiger partial charge in [0.25, 0.3) is 0 Å². The Morgan fingerprint density at radius 3 is 2.64 bits per heavy atom. The molecule has 1 aromatic carbocycles. The van der Waals surface area contributed by atoms with Crippen LogP contribution in [0.3, 0.4) is 0 Å². The molecule has 3 aromatic rings. The predicted molar refractivity (Wildman–Crippen MR) is 102 cm³/mol. The molecule has 2 radical (unpaired) electrons. The normalized spacial score (nSPS) is 11.8. The molecule has 0 aliphatic heterocycles. The van der Waals surface area contributed by atoms with Crippen LogP contribution in [0.2, 0.25) is 0 Å². The molecule has 3 rings (SSSR count). The fourth-order valence-corrected chi connectivity index (χ4v) is 3.71. The third-order valence-electron chi connectivity index (χ3n) is 3.90. The van der Waals surface area contributed by atoms with E-state index >= 15 is 0 Å². The van der Waals surface area contributed by atoms with Crippen molar-refractivity contribution in [1.82, 2.24) is 15.0 Å². The van der Waals surface area contributed by atoms with E-state index in [9.17, 15) is 4.21 Å². The number of aryl methyl sites for hydroxylation is 1. The Morgan fingerprint density at radius 2 is 1.96 bits per heavy atom. The monoisotopic (exact) mass is 555 g/mol. The summed E-state index contributed by atoms with van der Waals surface area (Å²) < 4.78 is 23.3. The first-order chi connectivity index (χ1) is 11.5. The minimum absolute atomic E-state index is 0. The number of aromatic nitrogens is 3. The van der Waals surface area contributed by atoms with Gasteiger partial charge in [-0.25, -0.2) is 4.98 Å². The first-order valence-corrected chi connectivity index (χ1v) is 8.76. The van der Waals surface area contributed by atoms with Crippen molar-refractivity contribution in [2.75, 3.05) is 14.2 Å². The molecular formula is C17H21N3O3PbS. The second kappa shape index (κ2) is 8.26. The van der Waals surface area contributed by atoms with E-state index in [1.807, 2.05) is 32.0 Å². The predicted octanol–water partition coefficient (Wildman–Crippen LogP) is 1.98. The molecule has 0 bridgehead atoms. The summed E-state index contributed by atoms with van der Waals surface area (Å²) in [6.45, 7) is 3.86. The van der Waals surface area contributed by atoms with Gasteiger partial charge in [0.1, 0.15) is 11.5 Å². The first-order valence-electron chi connectivity index (χ1n) is 7.44. The maximum atomic E-state index is 12.7. The molecule has 0 saturated heterocycles. The SMILES string of the molecule is COc1ccc2[nH]c(S(=O)Cc3ncc(C)c(OC)c3C)nc2c1.[PbH2]. The standard InChI is InChI=1S/C17H19N3O3S.Pb.2H/c1-10-8-18-15(11(2)16(10)23-4)9-24(21)17-19-13-6-5-12(22-3)7-14(13)20-17;;;/h5-8H,9H2,1-4H3,(H,19,20);;;. The van der Waals surface area contributed by atoms with Crippen LogP contribution in [0.15, 0.2) is 29.6 Å². The zero-order valence-electron chi connectivity index (χ0n) is 14.8. The van der Waals surface area contributed by atoms with E-state index in [0.717, 1.165) is 33.6 Å². The Morgan fingerprint density at radius 1 is 1.20 bits per heavy atom. The molecule has 1 N–H and O–H groups in total. The van der Waals surface area contributed by atoms with Gasteiger partial charge in [0.15, 0.2) is 5.16 Å². The fraction of sp³-hybridized carbons (Fsp3) is 0.294. The fourth-order valence-electron chi connectivity index (χ4n) is 2.61. The van der Waals surface area contributed by atoms with Gasteiger partial charge in [-0.05, 0) is 26.0 Å². The van der Waals surface area contributed by atoms with Crippen molar-refractivity contribution in [2.24, 2.45) is 0 Å². The number of fused-ring (bicyclic) bond motifs is 1. The number of methoxy groups -OCH3 is 2. The number of nitrogens with one attached hydrogen (secondary N) is 1. The average Bonchev–Trinajstić information content (AvgIpc) is 3.01. The van der Waals surface area contributed by atoms with Crippen LogP contribution in [0.5, 0.6) is 11.5 Å². The third kappa shape index (κ3) is 4.02. The number of hydrogen-bond donors (Lipinski definition) is 1. The first kappa shape index (κ1) is 19.8. The van der Waals surface area contributed by atoms with Crippen LogP contribution in [0, 0.1) is 13.8 Å². The van der Waals surface area contributed by atoms with E-state index in [1.165, 1.54) is 0 Å². The quantitative estimate of drug-likeness (QED) is 0.489. The molecule has 8 heteroatoms. The van der Waals surface area contributed by atoms with Crippen molar-refractivity contribution >= 4 is 49.1 Å². The molecular weight excluding hydrogens is 533 g/mol. The van der Waals surface area contributed by atoms with Crippen LogP contribution < -0.4 is 9.47 Å².